The van der Waals surface area contributed by atoms with Crippen LogP contribution >= 0.6 is 15.9 Å². The summed E-state index contributed by atoms with van der Waals surface area (Å²) in [6, 6.07) is 15.9. The summed E-state index contributed by atoms with van der Waals surface area (Å²) in [4.78, 5) is 17.9. The van der Waals surface area contributed by atoms with Gasteiger partial charge in [0, 0.05) is 34.4 Å². The van der Waals surface area contributed by atoms with Gasteiger partial charge in [0.1, 0.15) is 0 Å². The molecule has 2 heterocycles. The van der Waals surface area contributed by atoms with E-state index >= 15 is 0 Å². The third kappa shape index (κ3) is 3.99. The van der Waals surface area contributed by atoms with E-state index in [0.717, 1.165) is 39.6 Å². The van der Waals surface area contributed by atoms with Crippen LogP contribution in [0.3, 0.4) is 0 Å². The van der Waals surface area contributed by atoms with Gasteiger partial charge in [-0.1, -0.05) is 46.3 Å². The van der Waals surface area contributed by atoms with Crippen LogP contribution in [0.5, 0.6) is 0 Å². The molecule has 2 aromatic carbocycles. The molecule has 0 spiro atoms. The second-order valence-electron chi connectivity index (χ2n) is 5.99. The molecule has 0 aliphatic carbocycles. The first kappa shape index (κ1) is 19.0. The fraction of sp³-hybridized carbons (Fsp3) is 0.150. The Bertz CT molecular complexity index is 1010. The zero-order chi connectivity index (χ0) is 19.6. The van der Waals surface area contributed by atoms with Crippen molar-refractivity contribution in [2.75, 3.05) is 0 Å². The SMILES string of the molecule is CC(=O)O.Cc1cnc2n1-c1ccc(Br)cc1C(c1ccccc1)=NC2O. The van der Waals surface area contributed by atoms with Gasteiger partial charge in [-0.15, -0.1) is 0 Å². The monoisotopic (exact) mass is 427 g/mol. The van der Waals surface area contributed by atoms with Crippen LogP contribution in [-0.2, 0) is 4.79 Å². The second kappa shape index (κ2) is 7.85. The zero-order valence-corrected chi connectivity index (χ0v) is 16.4. The Morgan fingerprint density at radius 2 is 1.85 bits per heavy atom. The minimum absolute atomic E-state index is 0.539. The number of aliphatic hydroxyl groups is 1. The Morgan fingerprint density at radius 1 is 1.19 bits per heavy atom. The van der Waals surface area contributed by atoms with E-state index in [4.69, 9.17) is 9.90 Å². The maximum absolute atomic E-state index is 10.5. The zero-order valence-electron chi connectivity index (χ0n) is 14.8. The highest BCUT2D eigenvalue weighted by Gasteiger charge is 2.25. The number of fused-ring (bicyclic) bond motifs is 3. The van der Waals surface area contributed by atoms with E-state index in [9.17, 15) is 5.11 Å². The van der Waals surface area contributed by atoms with E-state index in [-0.39, 0.29) is 0 Å². The van der Waals surface area contributed by atoms with E-state index in [1.165, 1.54) is 0 Å². The fourth-order valence-electron chi connectivity index (χ4n) is 2.92. The third-order valence-corrected chi connectivity index (χ3v) is 4.44. The summed E-state index contributed by atoms with van der Waals surface area (Å²) in [5.41, 5.74) is 4.63. The van der Waals surface area contributed by atoms with Crippen LogP contribution in [0.4, 0.5) is 0 Å². The number of benzene rings is 2. The number of aryl methyl sites for hydroxylation is 1. The number of carboxylic acid groups (broad SMARTS) is 1. The van der Waals surface area contributed by atoms with Gasteiger partial charge in [-0.3, -0.25) is 9.36 Å². The number of imidazole rings is 1. The highest BCUT2D eigenvalue weighted by molar-refractivity contribution is 9.10. The van der Waals surface area contributed by atoms with Crippen molar-refractivity contribution >= 4 is 27.6 Å². The van der Waals surface area contributed by atoms with Gasteiger partial charge >= 0.3 is 0 Å². The molecule has 6 nitrogen and oxygen atoms in total. The van der Waals surface area contributed by atoms with Gasteiger partial charge in [0.15, 0.2) is 5.82 Å². The first-order chi connectivity index (χ1) is 12.9. The van der Waals surface area contributed by atoms with Crippen LogP contribution in [-0.4, -0.2) is 31.4 Å². The molecule has 0 fully saturated rings. The lowest BCUT2D eigenvalue weighted by Gasteiger charge is -2.13. The number of aliphatic carboxylic acids is 1. The van der Waals surface area contributed by atoms with E-state index in [0.29, 0.717) is 5.82 Å². The summed E-state index contributed by atoms with van der Waals surface area (Å²) >= 11 is 3.54. The van der Waals surface area contributed by atoms with Crippen molar-refractivity contribution in [1.82, 2.24) is 9.55 Å². The lowest BCUT2D eigenvalue weighted by Crippen LogP contribution is -2.08. The van der Waals surface area contributed by atoms with Crippen LogP contribution in [0.1, 0.15) is 35.8 Å². The topological polar surface area (TPSA) is 87.7 Å². The number of aliphatic imine (C=N–C) groups is 1. The predicted molar refractivity (Wildman–Crippen MR) is 106 cm³/mol. The van der Waals surface area contributed by atoms with Gasteiger partial charge in [0.05, 0.1) is 11.4 Å². The van der Waals surface area contributed by atoms with Crippen LogP contribution in [0.25, 0.3) is 5.69 Å². The minimum atomic E-state index is -0.995. The van der Waals surface area contributed by atoms with Crippen LogP contribution in [0.2, 0.25) is 0 Å². The number of aliphatic hydroxyl groups excluding tert-OH is 1. The number of carbonyl (C=O) groups is 1. The fourth-order valence-corrected chi connectivity index (χ4v) is 3.28. The predicted octanol–water partition coefficient (Wildman–Crippen LogP) is 3.88. The first-order valence-electron chi connectivity index (χ1n) is 8.24. The van der Waals surface area contributed by atoms with Crippen molar-refractivity contribution in [2.24, 2.45) is 4.99 Å². The lowest BCUT2D eigenvalue weighted by molar-refractivity contribution is -0.134. The highest BCUT2D eigenvalue weighted by Crippen LogP contribution is 2.31. The number of hydrogen-bond acceptors (Lipinski definition) is 4. The van der Waals surface area contributed by atoms with Crippen molar-refractivity contribution < 1.29 is 15.0 Å². The molecular formula is C20H18BrN3O3. The average Bonchev–Trinajstić information content (AvgIpc) is 2.96. The molecule has 0 saturated carbocycles. The summed E-state index contributed by atoms with van der Waals surface area (Å²) in [5, 5.41) is 18.0. The molecule has 3 aromatic rings. The maximum atomic E-state index is 10.5. The van der Waals surface area contributed by atoms with Gasteiger partial charge in [-0.05, 0) is 25.1 Å². The van der Waals surface area contributed by atoms with Gasteiger partial charge in [0.2, 0.25) is 6.23 Å². The summed E-state index contributed by atoms with van der Waals surface area (Å²) in [6.45, 7) is 3.06. The van der Waals surface area contributed by atoms with Crippen LogP contribution in [0.15, 0.2) is 64.2 Å². The smallest absolute Gasteiger partial charge is 0.300 e. The molecule has 7 heteroatoms. The Hall–Kier alpha value is -2.77. The Balaban J connectivity index is 0.000000481. The minimum Gasteiger partial charge on any atom is -0.481 e. The van der Waals surface area contributed by atoms with Gasteiger partial charge in [-0.25, -0.2) is 9.98 Å². The Kier molecular flexibility index (Phi) is 5.53. The molecular weight excluding hydrogens is 410 g/mol. The lowest BCUT2D eigenvalue weighted by atomic mass is 10.0. The van der Waals surface area contributed by atoms with Crippen LogP contribution < -0.4 is 0 Å². The molecule has 138 valence electrons. The average molecular weight is 428 g/mol. The van der Waals surface area contributed by atoms with Crippen molar-refractivity contribution in [3.63, 3.8) is 0 Å². The first-order valence-corrected chi connectivity index (χ1v) is 9.03. The Morgan fingerprint density at radius 3 is 2.52 bits per heavy atom. The largest absolute Gasteiger partial charge is 0.481 e. The number of nitrogens with zero attached hydrogens (tertiary/aromatic N) is 3. The van der Waals surface area contributed by atoms with Crippen molar-refractivity contribution in [1.29, 1.82) is 0 Å². The molecule has 27 heavy (non-hydrogen) atoms. The molecule has 0 saturated heterocycles. The molecule has 1 aromatic heterocycles. The third-order valence-electron chi connectivity index (χ3n) is 3.95. The van der Waals surface area contributed by atoms with E-state index in [1.54, 1.807) is 6.20 Å². The Labute approximate surface area is 165 Å². The standard InChI is InChI=1S/C18H14BrN3O.C2H4O2/c1-11-10-20-17-18(23)21-16(12-5-3-2-4-6-12)14-9-13(19)7-8-15(14)22(11)17;1-2(3)4/h2-10,18,23H,1H3;1H3,(H,3,4). The molecule has 0 bridgehead atoms. The molecule has 1 aliphatic rings. The number of carboxylic acids is 1. The molecule has 4 rings (SSSR count). The molecule has 1 unspecified atom stereocenters. The number of hydrogen-bond donors (Lipinski definition) is 2. The van der Waals surface area contributed by atoms with Gasteiger partial charge in [-0.2, -0.15) is 0 Å². The molecule has 1 aliphatic heterocycles. The van der Waals surface area contributed by atoms with E-state index < -0.39 is 12.2 Å². The maximum Gasteiger partial charge on any atom is 0.300 e. The van der Waals surface area contributed by atoms with Gasteiger partial charge < -0.3 is 10.2 Å². The van der Waals surface area contributed by atoms with Crippen molar-refractivity contribution in [3.05, 3.63) is 81.8 Å². The second-order valence-corrected chi connectivity index (χ2v) is 6.91. The quantitative estimate of drug-likeness (QED) is 0.616. The van der Waals surface area contributed by atoms with Crippen LogP contribution in [0, 0.1) is 6.92 Å². The molecule has 0 amide bonds. The molecule has 2 N–H and O–H groups in total. The number of rotatable bonds is 1. The summed E-state index contributed by atoms with van der Waals surface area (Å²) in [5.74, 6) is -0.294. The van der Waals surface area contributed by atoms with Crippen molar-refractivity contribution in [3.8, 4) is 5.69 Å². The van der Waals surface area contributed by atoms with E-state index in [2.05, 4.69) is 25.9 Å². The number of halogens is 1. The van der Waals surface area contributed by atoms with E-state index in [1.807, 2.05) is 60.0 Å². The molecule has 0 radical (unpaired) electrons. The van der Waals surface area contributed by atoms with Crippen molar-refractivity contribution in [2.45, 2.75) is 20.1 Å². The number of aromatic nitrogens is 2. The summed E-state index contributed by atoms with van der Waals surface area (Å²) < 4.78 is 2.93. The summed E-state index contributed by atoms with van der Waals surface area (Å²) in [6.07, 6.45) is 0.762. The summed E-state index contributed by atoms with van der Waals surface area (Å²) in [7, 11) is 0. The van der Waals surface area contributed by atoms with Gasteiger partial charge in [0.25, 0.3) is 5.97 Å². The highest BCUT2D eigenvalue weighted by atomic mass is 79.9. The normalized spacial score (nSPS) is 14.8. The molecule has 1 atom stereocenters.